The molecule has 1 aliphatic carbocycles. The molecule has 88 valence electrons. The van der Waals surface area contributed by atoms with Crippen LogP contribution in [0.25, 0.3) is 0 Å². The molecule has 16 heavy (non-hydrogen) atoms. The van der Waals surface area contributed by atoms with E-state index in [9.17, 15) is 5.11 Å². The Morgan fingerprint density at radius 2 is 1.81 bits per heavy atom. The van der Waals surface area contributed by atoms with E-state index in [2.05, 4.69) is 0 Å². The Balaban J connectivity index is 2.35. The van der Waals surface area contributed by atoms with Gasteiger partial charge in [-0.05, 0) is 43.4 Å². The van der Waals surface area contributed by atoms with Crippen LogP contribution in [-0.4, -0.2) is 19.3 Å². The molecule has 0 spiro atoms. The van der Waals surface area contributed by atoms with Crippen LogP contribution in [0, 0.1) is 5.92 Å². The van der Waals surface area contributed by atoms with Gasteiger partial charge in [0.05, 0.1) is 19.8 Å². The molecule has 0 unspecified atom stereocenters. The molecule has 1 aliphatic rings. The minimum Gasteiger partial charge on any atom is -0.493 e. The lowest BCUT2D eigenvalue weighted by Gasteiger charge is -2.24. The molecule has 0 saturated heterocycles. The van der Waals surface area contributed by atoms with Crippen molar-refractivity contribution in [2.45, 2.75) is 25.4 Å². The van der Waals surface area contributed by atoms with E-state index in [1.165, 1.54) is 0 Å². The molecule has 3 nitrogen and oxygen atoms in total. The highest BCUT2D eigenvalue weighted by molar-refractivity contribution is 5.44. The highest BCUT2D eigenvalue weighted by atomic mass is 16.5. The molecule has 0 radical (unpaired) electrons. The first-order valence-electron chi connectivity index (χ1n) is 5.54. The van der Waals surface area contributed by atoms with Crippen molar-refractivity contribution in [3.63, 3.8) is 0 Å². The van der Waals surface area contributed by atoms with Crippen LogP contribution < -0.4 is 9.47 Å². The quantitative estimate of drug-likeness (QED) is 0.849. The highest BCUT2D eigenvalue weighted by Crippen LogP contribution is 2.46. The Labute approximate surface area is 96.0 Å². The van der Waals surface area contributed by atoms with E-state index in [0.29, 0.717) is 17.4 Å². The first-order valence-corrected chi connectivity index (χ1v) is 5.54. The minimum absolute atomic E-state index is 0.380. The lowest BCUT2D eigenvalue weighted by Crippen LogP contribution is -2.23. The van der Waals surface area contributed by atoms with Gasteiger partial charge in [-0.1, -0.05) is 6.07 Å². The van der Waals surface area contributed by atoms with Crippen LogP contribution in [0.3, 0.4) is 0 Å². The van der Waals surface area contributed by atoms with E-state index in [4.69, 9.17) is 9.47 Å². The SMILES string of the molecule is COc1ccc([C@@](C)(O)C2CC2)cc1OC. The van der Waals surface area contributed by atoms with E-state index in [1.54, 1.807) is 14.2 Å². The topological polar surface area (TPSA) is 38.7 Å². The fraction of sp³-hybridized carbons (Fsp3) is 0.538. The predicted octanol–water partition coefficient (Wildman–Crippen LogP) is 2.32. The Bertz CT molecular complexity index is 381. The standard InChI is InChI=1S/C13H18O3/c1-13(14,9-4-5-9)10-6-7-11(15-2)12(8-10)16-3/h6-9,14H,4-5H2,1-3H3/t13-/m0/s1. The third kappa shape index (κ3) is 1.87. The van der Waals surface area contributed by atoms with E-state index in [1.807, 2.05) is 25.1 Å². The molecule has 3 heteroatoms. The molecule has 1 aromatic rings. The van der Waals surface area contributed by atoms with Gasteiger partial charge in [0, 0.05) is 0 Å². The van der Waals surface area contributed by atoms with Crippen LogP contribution >= 0.6 is 0 Å². The van der Waals surface area contributed by atoms with Gasteiger partial charge in [0.25, 0.3) is 0 Å². The van der Waals surface area contributed by atoms with Crippen LogP contribution in [0.5, 0.6) is 11.5 Å². The predicted molar refractivity (Wildman–Crippen MR) is 61.8 cm³/mol. The minimum atomic E-state index is -0.750. The zero-order chi connectivity index (χ0) is 11.8. The average molecular weight is 222 g/mol. The van der Waals surface area contributed by atoms with Gasteiger partial charge in [-0.25, -0.2) is 0 Å². The molecule has 0 heterocycles. The Morgan fingerprint density at radius 3 is 2.31 bits per heavy atom. The molecular weight excluding hydrogens is 204 g/mol. The van der Waals surface area contributed by atoms with Crippen molar-refractivity contribution in [2.75, 3.05) is 14.2 Å². The zero-order valence-electron chi connectivity index (χ0n) is 9.99. The van der Waals surface area contributed by atoms with E-state index >= 15 is 0 Å². The number of benzene rings is 1. The molecule has 1 atom stereocenters. The summed E-state index contributed by atoms with van der Waals surface area (Å²) in [6, 6.07) is 5.60. The third-order valence-corrected chi connectivity index (χ3v) is 3.34. The number of hydrogen-bond acceptors (Lipinski definition) is 3. The van der Waals surface area contributed by atoms with Crippen LogP contribution in [0.4, 0.5) is 0 Å². The normalized spacial score (nSPS) is 19.0. The number of ether oxygens (including phenoxy) is 2. The monoisotopic (exact) mass is 222 g/mol. The molecule has 1 N–H and O–H groups in total. The lowest BCUT2D eigenvalue weighted by atomic mass is 9.91. The molecule has 0 amide bonds. The van der Waals surface area contributed by atoms with E-state index < -0.39 is 5.60 Å². The van der Waals surface area contributed by atoms with Gasteiger partial charge in [0.1, 0.15) is 0 Å². The third-order valence-electron chi connectivity index (χ3n) is 3.34. The van der Waals surface area contributed by atoms with Crippen molar-refractivity contribution < 1.29 is 14.6 Å². The van der Waals surface area contributed by atoms with E-state index in [-0.39, 0.29) is 0 Å². The van der Waals surface area contributed by atoms with E-state index in [0.717, 1.165) is 18.4 Å². The molecule has 0 aliphatic heterocycles. The molecule has 1 saturated carbocycles. The maximum absolute atomic E-state index is 10.4. The Morgan fingerprint density at radius 1 is 1.19 bits per heavy atom. The summed E-state index contributed by atoms with van der Waals surface area (Å²) in [4.78, 5) is 0. The number of methoxy groups -OCH3 is 2. The van der Waals surface area contributed by atoms with Crippen molar-refractivity contribution in [3.05, 3.63) is 23.8 Å². The summed E-state index contributed by atoms with van der Waals surface area (Å²) < 4.78 is 10.4. The summed E-state index contributed by atoms with van der Waals surface area (Å²) in [7, 11) is 3.21. The fourth-order valence-electron chi connectivity index (χ4n) is 2.03. The molecule has 1 fully saturated rings. The van der Waals surface area contributed by atoms with Crippen molar-refractivity contribution in [1.82, 2.24) is 0 Å². The summed E-state index contributed by atoms with van der Waals surface area (Å²) in [6.07, 6.45) is 2.20. The van der Waals surface area contributed by atoms with Crippen molar-refractivity contribution >= 4 is 0 Å². The van der Waals surface area contributed by atoms with Crippen LogP contribution in [0.2, 0.25) is 0 Å². The first kappa shape index (κ1) is 11.3. The summed E-state index contributed by atoms with van der Waals surface area (Å²) in [6.45, 7) is 1.87. The van der Waals surface area contributed by atoms with Crippen LogP contribution in [0.1, 0.15) is 25.3 Å². The van der Waals surface area contributed by atoms with Gasteiger partial charge in [-0.2, -0.15) is 0 Å². The van der Waals surface area contributed by atoms with Crippen molar-refractivity contribution in [3.8, 4) is 11.5 Å². The zero-order valence-corrected chi connectivity index (χ0v) is 9.99. The summed E-state index contributed by atoms with van der Waals surface area (Å²) >= 11 is 0. The van der Waals surface area contributed by atoms with Gasteiger partial charge in [-0.3, -0.25) is 0 Å². The second-order valence-corrected chi connectivity index (χ2v) is 4.49. The van der Waals surface area contributed by atoms with Crippen LogP contribution in [-0.2, 0) is 5.60 Å². The van der Waals surface area contributed by atoms with Gasteiger partial charge in [0.2, 0.25) is 0 Å². The summed E-state index contributed by atoms with van der Waals surface area (Å²) in [5.41, 5.74) is 0.146. The molecule has 0 bridgehead atoms. The molecule has 2 rings (SSSR count). The number of hydrogen-bond donors (Lipinski definition) is 1. The van der Waals surface area contributed by atoms with Gasteiger partial charge in [-0.15, -0.1) is 0 Å². The summed E-state index contributed by atoms with van der Waals surface area (Å²) in [5.74, 6) is 1.74. The molecular formula is C13H18O3. The molecule has 1 aromatic carbocycles. The Hall–Kier alpha value is -1.22. The first-order chi connectivity index (χ1) is 7.59. The number of rotatable bonds is 4. The maximum atomic E-state index is 10.4. The summed E-state index contributed by atoms with van der Waals surface area (Å²) in [5, 5.41) is 10.4. The smallest absolute Gasteiger partial charge is 0.161 e. The average Bonchev–Trinajstić information content (AvgIpc) is 3.12. The second kappa shape index (κ2) is 3.98. The van der Waals surface area contributed by atoms with Crippen LogP contribution in [0.15, 0.2) is 18.2 Å². The maximum Gasteiger partial charge on any atom is 0.161 e. The van der Waals surface area contributed by atoms with Gasteiger partial charge >= 0.3 is 0 Å². The molecule has 0 aromatic heterocycles. The van der Waals surface area contributed by atoms with Gasteiger partial charge in [0.15, 0.2) is 11.5 Å². The van der Waals surface area contributed by atoms with Gasteiger partial charge < -0.3 is 14.6 Å². The number of aliphatic hydroxyl groups is 1. The Kier molecular flexibility index (Phi) is 2.80. The lowest BCUT2D eigenvalue weighted by molar-refractivity contribution is 0.0328. The fourth-order valence-corrected chi connectivity index (χ4v) is 2.03. The van der Waals surface area contributed by atoms with Crippen molar-refractivity contribution in [1.29, 1.82) is 0 Å². The van der Waals surface area contributed by atoms with Crippen molar-refractivity contribution in [2.24, 2.45) is 5.92 Å². The largest absolute Gasteiger partial charge is 0.493 e. The second-order valence-electron chi connectivity index (χ2n) is 4.49. The highest BCUT2D eigenvalue weighted by Gasteiger charge is 2.41.